The maximum Gasteiger partial charge on any atom is 0.257 e. The number of likely N-dealkylation sites (tertiary alicyclic amines) is 1. The minimum absolute atomic E-state index is 0.0515. The molecule has 7 heteroatoms. The van der Waals surface area contributed by atoms with Crippen molar-refractivity contribution in [3.63, 3.8) is 0 Å². The minimum Gasteiger partial charge on any atom is -0.491 e. The van der Waals surface area contributed by atoms with E-state index in [-0.39, 0.29) is 17.7 Å². The average Bonchev–Trinajstić information content (AvgIpc) is 3.15. The number of benzene rings is 2. The lowest BCUT2D eigenvalue weighted by Crippen LogP contribution is -2.36. The van der Waals surface area contributed by atoms with Crippen LogP contribution in [-0.2, 0) is 16.0 Å². The molecule has 35 heavy (non-hydrogen) atoms. The van der Waals surface area contributed by atoms with E-state index >= 15 is 0 Å². The van der Waals surface area contributed by atoms with Crippen molar-refractivity contribution in [1.82, 2.24) is 14.8 Å². The van der Waals surface area contributed by atoms with E-state index < -0.39 is 0 Å². The van der Waals surface area contributed by atoms with Crippen LogP contribution in [0, 0.1) is 5.92 Å². The normalized spacial score (nSPS) is 18.6. The Kier molecular flexibility index (Phi) is 7.23. The number of hydrogen-bond donors (Lipinski definition) is 0. The van der Waals surface area contributed by atoms with Crippen molar-refractivity contribution in [3.8, 4) is 5.75 Å². The van der Waals surface area contributed by atoms with Crippen LogP contribution in [0.5, 0.6) is 5.75 Å². The van der Waals surface area contributed by atoms with Crippen LogP contribution in [0.3, 0.4) is 0 Å². The number of fused-ring (bicyclic) bond motifs is 1. The molecular formula is C28H31N3O4. The monoisotopic (exact) mass is 473 g/mol. The summed E-state index contributed by atoms with van der Waals surface area (Å²) in [6.07, 6.45) is 4.13. The summed E-state index contributed by atoms with van der Waals surface area (Å²) in [6.45, 7) is 3.96. The Morgan fingerprint density at radius 2 is 1.97 bits per heavy atom. The lowest BCUT2D eigenvalue weighted by Gasteiger charge is -2.25. The highest BCUT2D eigenvalue weighted by Crippen LogP contribution is 2.24. The first-order chi connectivity index (χ1) is 17.2. The molecule has 1 aromatic heterocycles. The highest BCUT2D eigenvalue weighted by molar-refractivity contribution is 5.97. The molecule has 0 N–H and O–H groups in total. The fourth-order valence-electron chi connectivity index (χ4n) is 4.98. The number of hydrogen-bond acceptors (Lipinski definition) is 5. The van der Waals surface area contributed by atoms with Crippen molar-refractivity contribution >= 4 is 22.7 Å². The number of pyridine rings is 1. The van der Waals surface area contributed by atoms with Gasteiger partial charge in [-0.2, -0.15) is 0 Å². The van der Waals surface area contributed by atoms with E-state index in [9.17, 15) is 9.59 Å². The second-order valence-electron chi connectivity index (χ2n) is 9.22. The Morgan fingerprint density at radius 1 is 1.09 bits per heavy atom. The fourth-order valence-corrected chi connectivity index (χ4v) is 4.98. The van der Waals surface area contributed by atoms with E-state index in [2.05, 4.69) is 29.2 Å². The summed E-state index contributed by atoms with van der Waals surface area (Å²) in [6, 6.07) is 17.6. The summed E-state index contributed by atoms with van der Waals surface area (Å²) in [4.78, 5) is 33.7. The third kappa shape index (κ3) is 5.46. The zero-order valence-corrected chi connectivity index (χ0v) is 19.9. The predicted octanol–water partition coefficient (Wildman–Crippen LogP) is 3.57. The van der Waals surface area contributed by atoms with E-state index in [1.165, 1.54) is 5.56 Å². The molecule has 182 valence electrons. The van der Waals surface area contributed by atoms with Gasteiger partial charge in [0.1, 0.15) is 12.4 Å². The maximum atomic E-state index is 13.6. The Hall–Kier alpha value is -3.45. The zero-order valence-electron chi connectivity index (χ0n) is 19.9. The fraction of sp³-hybridized carbons (Fsp3) is 0.393. The molecule has 2 saturated heterocycles. The molecule has 3 aromatic rings. The van der Waals surface area contributed by atoms with Crippen molar-refractivity contribution in [2.75, 3.05) is 46.0 Å². The number of nitrogens with zero attached hydrogens (tertiary/aromatic N) is 3. The summed E-state index contributed by atoms with van der Waals surface area (Å²) in [5, 5.41) is 1.12. The van der Waals surface area contributed by atoms with Crippen LogP contribution in [0.15, 0.2) is 60.8 Å². The molecular weight excluding hydrogens is 442 g/mol. The van der Waals surface area contributed by atoms with Gasteiger partial charge in [0.25, 0.3) is 5.91 Å². The second-order valence-corrected chi connectivity index (χ2v) is 9.22. The third-order valence-corrected chi connectivity index (χ3v) is 6.76. The van der Waals surface area contributed by atoms with E-state index in [1.54, 1.807) is 0 Å². The van der Waals surface area contributed by atoms with Crippen LogP contribution in [0.1, 0.15) is 28.8 Å². The Labute approximate surface area is 205 Å². The second kappa shape index (κ2) is 10.9. The highest BCUT2D eigenvalue weighted by atomic mass is 16.5. The van der Waals surface area contributed by atoms with Crippen LogP contribution in [0.25, 0.3) is 10.9 Å². The number of rotatable bonds is 7. The molecule has 2 amide bonds. The molecule has 0 bridgehead atoms. The minimum atomic E-state index is -0.0515. The zero-order chi connectivity index (χ0) is 24.0. The van der Waals surface area contributed by atoms with Crippen molar-refractivity contribution in [3.05, 3.63) is 71.9 Å². The summed E-state index contributed by atoms with van der Waals surface area (Å²) < 4.78 is 11.9. The Bertz CT molecular complexity index is 1190. The highest BCUT2D eigenvalue weighted by Gasteiger charge is 2.26. The van der Waals surface area contributed by atoms with Crippen molar-refractivity contribution in [2.24, 2.45) is 5.92 Å². The van der Waals surface area contributed by atoms with Gasteiger partial charge in [0, 0.05) is 43.6 Å². The number of para-hydroxylation sites is 2. The number of aromatic nitrogens is 1. The lowest BCUT2D eigenvalue weighted by atomic mass is 9.97. The quantitative estimate of drug-likeness (QED) is 0.525. The van der Waals surface area contributed by atoms with E-state index in [0.29, 0.717) is 57.2 Å². The van der Waals surface area contributed by atoms with Crippen LogP contribution < -0.4 is 4.74 Å². The molecule has 2 fully saturated rings. The molecule has 3 heterocycles. The van der Waals surface area contributed by atoms with Gasteiger partial charge in [-0.3, -0.25) is 14.6 Å². The standard InChI is InChI=1S/C28H31N3O4/c32-26-11-5-13-30(26)15-17-35-25-10-2-1-9-24(25)28(33)31-14-16-34-20-21(19-31)18-23-7-3-6-22-8-4-12-29-27(22)23/h1-4,6-10,12,21H,5,11,13-20H2. The molecule has 1 atom stereocenters. The number of carbonyl (C=O) groups is 2. The molecule has 2 aliphatic heterocycles. The van der Waals surface area contributed by atoms with Gasteiger partial charge in [-0.05, 0) is 36.6 Å². The number of carbonyl (C=O) groups excluding carboxylic acids is 2. The lowest BCUT2D eigenvalue weighted by molar-refractivity contribution is -0.128. The third-order valence-electron chi connectivity index (χ3n) is 6.76. The maximum absolute atomic E-state index is 13.6. The van der Waals surface area contributed by atoms with Gasteiger partial charge in [0.15, 0.2) is 0 Å². The largest absolute Gasteiger partial charge is 0.491 e. The molecule has 1 unspecified atom stereocenters. The van der Waals surface area contributed by atoms with Gasteiger partial charge in [0.2, 0.25) is 5.91 Å². The molecule has 7 nitrogen and oxygen atoms in total. The van der Waals surface area contributed by atoms with Gasteiger partial charge in [0.05, 0.1) is 30.8 Å². The summed E-state index contributed by atoms with van der Waals surface area (Å²) in [5.74, 6) is 0.854. The first kappa shape index (κ1) is 23.3. The van der Waals surface area contributed by atoms with Crippen LogP contribution in [0.2, 0.25) is 0 Å². The summed E-state index contributed by atoms with van der Waals surface area (Å²) >= 11 is 0. The van der Waals surface area contributed by atoms with E-state index in [0.717, 1.165) is 30.3 Å². The summed E-state index contributed by atoms with van der Waals surface area (Å²) in [5.41, 5.74) is 2.73. The van der Waals surface area contributed by atoms with Crippen LogP contribution in [0.4, 0.5) is 0 Å². The van der Waals surface area contributed by atoms with Gasteiger partial charge in [-0.25, -0.2) is 0 Å². The Balaban J connectivity index is 1.27. The van der Waals surface area contributed by atoms with Gasteiger partial charge in [-0.15, -0.1) is 0 Å². The number of amides is 2. The molecule has 0 aliphatic carbocycles. The smallest absolute Gasteiger partial charge is 0.257 e. The first-order valence-corrected chi connectivity index (χ1v) is 12.4. The summed E-state index contributed by atoms with van der Waals surface area (Å²) in [7, 11) is 0. The average molecular weight is 474 g/mol. The van der Waals surface area contributed by atoms with E-state index in [4.69, 9.17) is 9.47 Å². The number of ether oxygens (including phenoxy) is 2. The first-order valence-electron chi connectivity index (χ1n) is 12.4. The van der Waals surface area contributed by atoms with Gasteiger partial charge >= 0.3 is 0 Å². The molecule has 2 aromatic carbocycles. The van der Waals surface area contributed by atoms with Crippen molar-refractivity contribution in [2.45, 2.75) is 19.3 Å². The topological polar surface area (TPSA) is 72.0 Å². The van der Waals surface area contributed by atoms with Gasteiger partial charge < -0.3 is 19.3 Å². The molecule has 0 radical (unpaired) electrons. The van der Waals surface area contributed by atoms with Crippen LogP contribution in [-0.4, -0.2) is 72.6 Å². The van der Waals surface area contributed by atoms with Crippen molar-refractivity contribution in [1.29, 1.82) is 0 Å². The molecule has 0 spiro atoms. The SMILES string of the molecule is O=C1CCCN1CCOc1ccccc1C(=O)N1CCOCC(Cc2cccc3cccnc23)C1. The molecule has 0 saturated carbocycles. The van der Waals surface area contributed by atoms with Crippen LogP contribution >= 0.6 is 0 Å². The van der Waals surface area contributed by atoms with Gasteiger partial charge in [-0.1, -0.05) is 36.4 Å². The van der Waals surface area contributed by atoms with E-state index in [1.807, 2.05) is 46.3 Å². The Morgan fingerprint density at radius 3 is 2.86 bits per heavy atom. The van der Waals surface area contributed by atoms with Crippen molar-refractivity contribution < 1.29 is 19.1 Å². The predicted molar refractivity (Wildman–Crippen MR) is 133 cm³/mol. The molecule has 2 aliphatic rings. The molecule has 5 rings (SSSR count).